The number of likely N-dealkylation sites (N-methyl/N-ethyl adjacent to an activating group) is 1. The molecule has 20 heavy (non-hydrogen) atoms. The van der Waals surface area contributed by atoms with Crippen LogP contribution >= 0.6 is 0 Å². The quantitative estimate of drug-likeness (QED) is 0.839. The summed E-state index contributed by atoms with van der Waals surface area (Å²) in [6.07, 6.45) is 1.82. The lowest BCUT2D eigenvalue weighted by Crippen LogP contribution is -2.54. The smallest absolute Gasteiger partial charge is 0.245 e. The molecular weight excluding hydrogens is 250 g/mol. The summed E-state index contributed by atoms with van der Waals surface area (Å²) in [5.74, 6) is 1.39. The second-order valence-corrected chi connectivity index (χ2v) is 5.98. The lowest BCUT2D eigenvalue weighted by atomic mass is 10.0. The van der Waals surface area contributed by atoms with Gasteiger partial charge in [-0.3, -0.25) is 0 Å². The van der Waals surface area contributed by atoms with Gasteiger partial charge in [0.15, 0.2) is 0 Å². The van der Waals surface area contributed by atoms with Gasteiger partial charge < -0.3 is 9.80 Å². The molecule has 0 spiro atoms. The topological polar surface area (TPSA) is 45.2 Å². The minimum absolute atomic E-state index is 0.465. The Kier molecular flexibility index (Phi) is 4.91. The summed E-state index contributed by atoms with van der Waals surface area (Å²) in [4.78, 5) is 9.51. The number of aryl methyl sites for hydroxylation is 2. The highest BCUT2D eigenvalue weighted by atomic mass is 15.4. The highest BCUT2D eigenvalue weighted by Gasteiger charge is 2.30. The van der Waals surface area contributed by atoms with Crippen LogP contribution in [0.1, 0.15) is 39.1 Å². The number of hydrogen-bond donors (Lipinski definition) is 0. The van der Waals surface area contributed by atoms with Crippen molar-refractivity contribution in [1.29, 1.82) is 0 Å². The van der Waals surface area contributed by atoms with E-state index in [-0.39, 0.29) is 0 Å². The predicted octanol–water partition coefficient (Wildman–Crippen LogP) is 1.77. The molecule has 0 aliphatic carbocycles. The molecule has 0 N–H and O–H groups in total. The van der Waals surface area contributed by atoms with Gasteiger partial charge in [-0.15, -0.1) is 5.10 Å². The van der Waals surface area contributed by atoms with Crippen LogP contribution in [0.15, 0.2) is 0 Å². The first-order chi connectivity index (χ1) is 9.56. The van der Waals surface area contributed by atoms with E-state index in [0.29, 0.717) is 12.0 Å². The van der Waals surface area contributed by atoms with Crippen molar-refractivity contribution >= 4 is 5.95 Å². The van der Waals surface area contributed by atoms with E-state index in [1.165, 1.54) is 0 Å². The molecule has 0 saturated carbocycles. The Morgan fingerprint density at radius 2 is 1.80 bits per heavy atom. The first kappa shape index (κ1) is 15.2. The van der Waals surface area contributed by atoms with E-state index in [1.54, 1.807) is 0 Å². The van der Waals surface area contributed by atoms with Crippen LogP contribution in [-0.4, -0.2) is 52.8 Å². The Balaban J connectivity index is 2.29. The lowest BCUT2D eigenvalue weighted by Gasteiger charge is -2.42. The van der Waals surface area contributed by atoms with E-state index >= 15 is 0 Å². The summed E-state index contributed by atoms with van der Waals surface area (Å²) in [6.45, 7) is 11.9. The van der Waals surface area contributed by atoms with Gasteiger partial charge in [-0.05, 0) is 25.8 Å². The molecule has 1 aliphatic rings. The summed E-state index contributed by atoms with van der Waals surface area (Å²) < 4.78 is 0. The van der Waals surface area contributed by atoms with E-state index in [9.17, 15) is 0 Å². The van der Waals surface area contributed by atoms with Gasteiger partial charge in [-0.1, -0.05) is 27.7 Å². The van der Waals surface area contributed by atoms with Crippen molar-refractivity contribution in [2.24, 2.45) is 5.92 Å². The SMILES string of the molecule is CCc1nnc(N2CCN(C)CC2C(C)C)nc1CC. The highest BCUT2D eigenvalue weighted by molar-refractivity contribution is 5.33. The van der Waals surface area contributed by atoms with Crippen molar-refractivity contribution in [2.45, 2.75) is 46.6 Å². The first-order valence-corrected chi connectivity index (χ1v) is 7.74. The highest BCUT2D eigenvalue weighted by Crippen LogP contribution is 2.21. The lowest BCUT2D eigenvalue weighted by molar-refractivity contribution is 0.234. The van der Waals surface area contributed by atoms with E-state index < -0.39 is 0 Å². The third-order valence-corrected chi connectivity index (χ3v) is 4.15. The van der Waals surface area contributed by atoms with Gasteiger partial charge in [0.2, 0.25) is 5.95 Å². The molecule has 1 saturated heterocycles. The van der Waals surface area contributed by atoms with Gasteiger partial charge in [-0.2, -0.15) is 5.10 Å². The summed E-state index contributed by atoms with van der Waals surface area (Å²) >= 11 is 0. The molecule has 0 amide bonds. The van der Waals surface area contributed by atoms with Crippen LogP contribution in [0.3, 0.4) is 0 Å². The maximum Gasteiger partial charge on any atom is 0.245 e. The van der Waals surface area contributed by atoms with E-state index in [2.05, 4.69) is 54.7 Å². The van der Waals surface area contributed by atoms with E-state index in [4.69, 9.17) is 4.98 Å². The molecule has 1 atom stereocenters. The van der Waals surface area contributed by atoms with E-state index in [0.717, 1.165) is 49.8 Å². The maximum absolute atomic E-state index is 4.78. The fourth-order valence-electron chi connectivity index (χ4n) is 2.82. The normalized spacial score (nSPS) is 20.7. The third-order valence-electron chi connectivity index (χ3n) is 4.15. The van der Waals surface area contributed by atoms with E-state index in [1.807, 2.05) is 0 Å². The first-order valence-electron chi connectivity index (χ1n) is 7.74. The van der Waals surface area contributed by atoms with Crippen LogP contribution in [0, 0.1) is 5.92 Å². The average Bonchev–Trinajstić information content (AvgIpc) is 2.46. The van der Waals surface area contributed by atoms with Crippen molar-refractivity contribution in [3.05, 3.63) is 11.4 Å². The number of rotatable bonds is 4. The zero-order chi connectivity index (χ0) is 14.7. The Hall–Kier alpha value is -1.23. The summed E-state index contributed by atoms with van der Waals surface area (Å²) in [5.41, 5.74) is 2.13. The number of nitrogens with zero attached hydrogens (tertiary/aromatic N) is 5. The van der Waals surface area contributed by atoms with Crippen LogP contribution < -0.4 is 4.90 Å². The molecule has 1 aliphatic heterocycles. The fourth-order valence-corrected chi connectivity index (χ4v) is 2.82. The largest absolute Gasteiger partial charge is 0.334 e. The zero-order valence-corrected chi connectivity index (χ0v) is 13.4. The minimum atomic E-state index is 0.465. The molecule has 2 rings (SSSR count). The summed E-state index contributed by atoms with van der Waals surface area (Å²) in [5, 5.41) is 8.77. The third kappa shape index (κ3) is 3.08. The van der Waals surface area contributed by atoms with Crippen molar-refractivity contribution < 1.29 is 0 Å². The van der Waals surface area contributed by atoms with Gasteiger partial charge in [0.1, 0.15) is 0 Å². The molecule has 1 aromatic rings. The summed E-state index contributed by atoms with van der Waals surface area (Å²) in [6, 6.07) is 0.465. The zero-order valence-electron chi connectivity index (χ0n) is 13.4. The molecule has 1 unspecified atom stereocenters. The molecular formula is C15H27N5. The average molecular weight is 277 g/mol. The number of piperazine rings is 1. The molecule has 2 heterocycles. The van der Waals surface area contributed by atoms with Crippen LogP contribution in [0.5, 0.6) is 0 Å². The standard InChI is InChI=1S/C15H27N5/c1-6-12-13(7-2)17-18-15(16-12)20-9-8-19(5)10-14(20)11(3)4/h11,14H,6-10H2,1-5H3. The number of anilines is 1. The fraction of sp³-hybridized carbons (Fsp3) is 0.800. The Morgan fingerprint density at radius 3 is 2.40 bits per heavy atom. The monoisotopic (exact) mass is 277 g/mol. The van der Waals surface area contributed by atoms with Crippen molar-refractivity contribution in [1.82, 2.24) is 20.1 Å². The molecule has 1 fully saturated rings. The van der Waals surface area contributed by atoms with Crippen LogP contribution in [0.25, 0.3) is 0 Å². The molecule has 0 radical (unpaired) electrons. The minimum Gasteiger partial charge on any atom is -0.334 e. The second-order valence-electron chi connectivity index (χ2n) is 5.98. The molecule has 5 heteroatoms. The number of hydrogen-bond acceptors (Lipinski definition) is 5. The Bertz CT molecular complexity index is 446. The maximum atomic E-state index is 4.78. The van der Waals surface area contributed by atoms with Crippen LogP contribution in [0.4, 0.5) is 5.95 Å². The predicted molar refractivity (Wildman–Crippen MR) is 82.1 cm³/mol. The second kappa shape index (κ2) is 6.48. The van der Waals surface area contributed by atoms with Crippen molar-refractivity contribution in [2.75, 3.05) is 31.6 Å². The molecule has 112 valence electrons. The molecule has 0 aromatic carbocycles. The van der Waals surface area contributed by atoms with Gasteiger partial charge in [0.25, 0.3) is 0 Å². The van der Waals surface area contributed by atoms with Gasteiger partial charge in [0, 0.05) is 25.7 Å². The van der Waals surface area contributed by atoms with Gasteiger partial charge >= 0.3 is 0 Å². The van der Waals surface area contributed by atoms with Crippen molar-refractivity contribution in [3.63, 3.8) is 0 Å². The Labute approximate surface area is 122 Å². The van der Waals surface area contributed by atoms with Gasteiger partial charge in [-0.25, -0.2) is 4.98 Å². The number of aromatic nitrogens is 3. The van der Waals surface area contributed by atoms with Crippen molar-refractivity contribution in [3.8, 4) is 0 Å². The van der Waals surface area contributed by atoms with Crippen LogP contribution in [-0.2, 0) is 12.8 Å². The van der Waals surface area contributed by atoms with Gasteiger partial charge in [0.05, 0.1) is 11.4 Å². The molecule has 5 nitrogen and oxygen atoms in total. The Morgan fingerprint density at radius 1 is 1.10 bits per heavy atom. The molecule has 0 bridgehead atoms. The molecule has 1 aromatic heterocycles. The van der Waals surface area contributed by atoms with Crippen LogP contribution in [0.2, 0.25) is 0 Å². The summed E-state index contributed by atoms with van der Waals surface area (Å²) in [7, 11) is 2.18.